The van der Waals surface area contributed by atoms with Crippen LogP contribution in [-0.4, -0.2) is 36.1 Å². The van der Waals surface area contributed by atoms with Crippen molar-refractivity contribution in [3.8, 4) is 0 Å². The van der Waals surface area contributed by atoms with Gasteiger partial charge in [-0.15, -0.1) is 0 Å². The molecule has 2 nitrogen and oxygen atoms in total. The van der Waals surface area contributed by atoms with E-state index in [-0.39, 0.29) is 0 Å². The van der Waals surface area contributed by atoms with Crippen LogP contribution in [0.4, 0.5) is 0 Å². The lowest BCUT2D eigenvalue weighted by Crippen LogP contribution is -2.50. The Bertz CT molecular complexity index is 215. The lowest BCUT2D eigenvalue weighted by molar-refractivity contribution is 0.109. The fourth-order valence-corrected chi connectivity index (χ4v) is 2.93. The van der Waals surface area contributed by atoms with Crippen molar-refractivity contribution in [1.29, 1.82) is 0 Å². The summed E-state index contributed by atoms with van der Waals surface area (Å²) in [5, 5.41) is 3.74. The summed E-state index contributed by atoms with van der Waals surface area (Å²) in [5.41, 5.74) is 0.355. The second-order valence-corrected chi connectivity index (χ2v) is 6.68. The first kappa shape index (κ1) is 15.0. The summed E-state index contributed by atoms with van der Waals surface area (Å²) in [4.78, 5) is 2.75. The van der Waals surface area contributed by atoms with Crippen molar-refractivity contribution in [2.24, 2.45) is 5.41 Å². The van der Waals surface area contributed by atoms with Crippen LogP contribution in [0.2, 0.25) is 0 Å². The topological polar surface area (TPSA) is 15.3 Å². The van der Waals surface area contributed by atoms with E-state index in [9.17, 15) is 0 Å². The van der Waals surface area contributed by atoms with Crippen LogP contribution in [0.25, 0.3) is 0 Å². The molecule has 0 aromatic rings. The van der Waals surface area contributed by atoms with Gasteiger partial charge in [-0.1, -0.05) is 34.6 Å². The third kappa shape index (κ3) is 3.96. The third-order valence-corrected chi connectivity index (χ3v) is 4.37. The van der Waals surface area contributed by atoms with Crippen LogP contribution in [0.5, 0.6) is 0 Å². The summed E-state index contributed by atoms with van der Waals surface area (Å²) in [5.74, 6) is 0. The van der Waals surface area contributed by atoms with E-state index in [1.165, 1.54) is 32.4 Å². The SMILES string of the molecule is CCC(CC)N1CC(C(C)(C)C)NCCC1C. The number of hydrogen-bond donors (Lipinski definition) is 1. The van der Waals surface area contributed by atoms with Crippen LogP contribution >= 0.6 is 0 Å². The maximum Gasteiger partial charge on any atom is 0.0243 e. The molecule has 0 aliphatic carbocycles. The highest BCUT2D eigenvalue weighted by atomic mass is 15.2. The number of nitrogens with zero attached hydrogens (tertiary/aromatic N) is 1. The van der Waals surface area contributed by atoms with Gasteiger partial charge in [0.25, 0.3) is 0 Å². The highest BCUT2D eigenvalue weighted by Gasteiger charge is 2.32. The van der Waals surface area contributed by atoms with Gasteiger partial charge in [0.05, 0.1) is 0 Å². The minimum atomic E-state index is 0.355. The lowest BCUT2D eigenvalue weighted by atomic mass is 9.86. The third-order valence-electron chi connectivity index (χ3n) is 4.37. The smallest absolute Gasteiger partial charge is 0.0243 e. The minimum Gasteiger partial charge on any atom is -0.312 e. The normalized spacial score (nSPS) is 28.4. The monoisotopic (exact) mass is 240 g/mol. The van der Waals surface area contributed by atoms with Gasteiger partial charge in [-0.25, -0.2) is 0 Å². The van der Waals surface area contributed by atoms with Crippen molar-refractivity contribution in [3.05, 3.63) is 0 Å². The molecular formula is C15H32N2. The molecule has 2 heteroatoms. The summed E-state index contributed by atoms with van der Waals surface area (Å²) < 4.78 is 0. The number of rotatable bonds is 3. The first-order valence-electron chi connectivity index (χ1n) is 7.39. The van der Waals surface area contributed by atoms with E-state index >= 15 is 0 Å². The molecule has 0 aromatic carbocycles. The Hall–Kier alpha value is -0.0800. The average Bonchev–Trinajstić information content (AvgIpc) is 2.43. The quantitative estimate of drug-likeness (QED) is 0.814. The highest BCUT2D eigenvalue weighted by Crippen LogP contribution is 2.25. The van der Waals surface area contributed by atoms with E-state index in [2.05, 4.69) is 51.8 Å². The van der Waals surface area contributed by atoms with E-state index in [1.807, 2.05) is 0 Å². The Morgan fingerprint density at radius 1 is 1.24 bits per heavy atom. The van der Waals surface area contributed by atoms with Crippen molar-refractivity contribution in [2.75, 3.05) is 13.1 Å². The minimum absolute atomic E-state index is 0.355. The molecule has 1 heterocycles. The molecule has 1 fully saturated rings. The Labute approximate surface area is 108 Å². The summed E-state index contributed by atoms with van der Waals surface area (Å²) >= 11 is 0. The summed E-state index contributed by atoms with van der Waals surface area (Å²) in [7, 11) is 0. The fraction of sp³-hybridized carbons (Fsp3) is 1.00. The van der Waals surface area contributed by atoms with Gasteiger partial charge in [0.15, 0.2) is 0 Å². The summed E-state index contributed by atoms with van der Waals surface area (Å²) in [6, 6.07) is 2.10. The fourth-order valence-electron chi connectivity index (χ4n) is 2.93. The number of hydrogen-bond acceptors (Lipinski definition) is 2. The predicted octanol–water partition coefficient (Wildman–Crippen LogP) is 3.27. The molecule has 0 amide bonds. The predicted molar refractivity (Wildman–Crippen MR) is 76.4 cm³/mol. The maximum absolute atomic E-state index is 3.74. The molecule has 0 bridgehead atoms. The molecule has 1 rings (SSSR count). The van der Waals surface area contributed by atoms with Crippen LogP contribution in [-0.2, 0) is 0 Å². The molecular weight excluding hydrogens is 208 g/mol. The van der Waals surface area contributed by atoms with Crippen molar-refractivity contribution in [2.45, 2.75) is 78.9 Å². The van der Waals surface area contributed by atoms with Gasteiger partial charge < -0.3 is 5.32 Å². The van der Waals surface area contributed by atoms with Gasteiger partial charge in [-0.05, 0) is 38.1 Å². The zero-order chi connectivity index (χ0) is 13.1. The zero-order valence-corrected chi connectivity index (χ0v) is 12.7. The second kappa shape index (κ2) is 6.19. The molecule has 102 valence electrons. The van der Waals surface area contributed by atoms with Crippen LogP contribution < -0.4 is 5.32 Å². The van der Waals surface area contributed by atoms with Gasteiger partial charge in [0, 0.05) is 24.7 Å². The second-order valence-electron chi connectivity index (χ2n) is 6.68. The Balaban J connectivity index is 2.78. The molecule has 1 aliphatic rings. The first-order chi connectivity index (χ1) is 7.90. The number of nitrogens with one attached hydrogen (secondary N) is 1. The molecule has 0 saturated carbocycles. The average molecular weight is 240 g/mol. The van der Waals surface area contributed by atoms with Crippen molar-refractivity contribution in [1.82, 2.24) is 10.2 Å². The summed E-state index contributed by atoms with van der Waals surface area (Å²) in [6.45, 7) is 16.5. The van der Waals surface area contributed by atoms with Gasteiger partial charge in [-0.2, -0.15) is 0 Å². The molecule has 0 radical (unpaired) electrons. The standard InChI is InChI=1S/C15H32N2/c1-7-13(8-2)17-11-14(15(4,5)6)16-10-9-12(17)3/h12-14,16H,7-11H2,1-6H3. The van der Waals surface area contributed by atoms with E-state index in [0.717, 1.165) is 12.1 Å². The summed E-state index contributed by atoms with van der Waals surface area (Å²) in [6.07, 6.45) is 3.83. The van der Waals surface area contributed by atoms with E-state index in [0.29, 0.717) is 11.5 Å². The van der Waals surface area contributed by atoms with Crippen LogP contribution in [0.3, 0.4) is 0 Å². The Morgan fingerprint density at radius 2 is 1.82 bits per heavy atom. The maximum atomic E-state index is 3.74. The molecule has 1 aliphatic heterocycles. The lowest BCUT2D eigenvalue weighted by Gasteiger charge is -2.39. The molecule has 1 saturated heterocycles. The zero-order valence-electron chi connectivity index (χ0n) is 12.7. The molecule has 0 spiro atoms. The first-order valence-corrected chi connectivity index (χ1v) is 7.39. The molecule has 2 unspecified atom stereocenters. The van der Waals surface area contributed by atoms with Crippen LogP contribution in [0.1, 0.15) is 60.8 Å². The Kier molecular flexibility index (Phi) is 5.46. The van der Waals surface area contributed by atoms with Gasteiger partial charge >= 0.3 is 0 Å². The molecule has 0 aromatic heterocycles. The molecule has 2 atom stereocenters. The van der Waals surface area contributed by atoms with Gasteiger partial charge in [-0.3, -0.25) is 4.90 Å². The van der Waals surface area contributed by atoms with E-state index in [1.54, 1.807) is 0 Å². The van der Waals surface area contributed by atoms with Crippen LogP contribution in [0.15, 0.2) is 0 Å². The van der Waals surface area contributed by atoms with Crippen molar-refractivity contribution in [3.63, 3.8) is 0 Å². The largest absolute Gasteiger partial charge is 0.312 e. The molecule has 1 N–H and O–H groups in total. The highest BCUT2D eigenvalue weighted by molar-refractivity contribution is 4.90. The van der Waals surface area contributed by atoms with Gasteiger partial charge in [0.2, 0.25) is 0 Å². The van der Waals surface area contributed by atoms with E-state index in [4.69, 9.17) is 0 Å². The van der Waals surface area contributed by atoms with Crippen molar-refractivity contribution >= 4 is 0 Å². The van der Waals surface area contributed by atoms with Crippen molar-refractivity contribution < 1.29 is 0 Å². The Morgan fingerprint density at radius 3 is 2.29 bits per heavy atom. The van der Waals surface area contributed by atoms with Gasteiger partial charge in [0.1, 0.15) is 0 Å². The molecule has 17 heavy (non-hydrogen) atoms. The van der Waals surface area contributed by atoms with Crippen LogP contribution in [0, 0.1) is 5.41 Å². The van der Waals surface area contributed by atoms with E-state index < -0.39 is 0 Å².